The van der Waals surface area contributed by atoms with Crippen LogP contribution in [0.1, 0.15) is 5.56 Å². The summed E-state index contributed by atoms with van der Waals surface area (Å²) in [6, 6.07) is 12.7. The van der Waals surface area contributed by atoms with Crippen LogP contribution in [0.4, 0.5) is 5.69 Å². The van der Waals surface area contributed by atoms with Crippen molar-refractivity contribution in [2.24, 2.45) is 0 Å². The minimum Gasteiger partial charge on any atom is -0.486 e. The second-order valence-corrected chi connectivity index (χ2v) is 4.91. The molecule has 0 saturated heterocycles. The van der Waals surface area contributed by atoms with E-state index in [-0.39, 0.29) is 0 Å². The van der Waals surface area contributed by atoms with Crippen molar-refractivity contribution >= 4 is 5.69 Å². The molecule has 0 spiro atoms. The molecular weight excluding hydrogens is 238 g/mol. The van der Waals surface area contributed by atoms with Gasteiger partial charge in [-0.1, -0.05) is 12.1 Å². The van der Waals surface area contributed by atoms with E-state index < -0.39 is 0 Å². The highest BCUT2D eigenvalue weighted by molar-refractivity contribution is 5.72. The normalized spacial score (nSPS) is 15.8. The zero-order valence-corrected chi connectivity index (χ0v) is 10.6. The summed E-state index contributed by atoms with van der Waals surface area (Å²) >= 11 is 0. The molecule has 2 heterocycles. The van der Waals surface area contributed by atoms with Gasteiger partial charge in [-0.3, -0.25) is 0 Å². The van der Waals surface area contributed by atoms with Crippen molar-refractivity contribution in [3.63, 3.8) is 0 Å². The predicted octanol–water partition coefficient (Wildman–Crippen LogP) is 3.09. The van der Waals surface area contributed by atoms with Crippen molar-refractivity contribution in [3.8, 4) is 22.6 Å². The van der Waals surface area contributed by atoms with Crippen LogP contribution in [0.2, 0.25) is 0 Å². The molecule has 0 atom stereocenters. The van der Waals surface area contributed by atoms with Crippen molar-refractivity contribution in [1.82, 2.24) is 0 Å². The van der Waals surface area contributed by atoms with Crippen LogP contribution in [0.15, 0.2) is 36.4 Å². The van der Waals surface area contributed by atoms with E-state index in [0.29, 0.717) is 13.2 Å². The van der Waals surface area contributed by atoms with E-state index in [1.807, 2.05) is 6.07 Å². The first kappa shape index (κ1) is 10.7. The zero-order valence-electron chi connectivity index (χ0n) is 10.6. The number of hydrogen-bond donors (Lipinski definition) is 1. The first-order valence-electron chi connectivity index (χ1n) is 6.67. The van der Waals surface area contributed by atoms with Gasteiger partial charge in [-0.05, 0) is 47.4 Å². The highest BCUT2D eigenvalue weighted by Crippen LogP contribution is 2.36. The number of rotatable bonds is 1. The second-order valence-electron chi connectivity index (χ2n) is 4.91. The number of nitrogens with one attached hydrogen (secondary N) is 1. The van der Waals surface area contributed by atoms with E-state index in [0.717, 1.165) is 24.5 Å². The van der Waals surface area contributed by atoms with Gasteiger partial charge in [-0.15, -0.1) is 0 Å². The van der Waals surface area contributed by atoms with Crippen molar-refractivity contribution in [2.45, 2.75) is 6.42 Å². The maximum atomic E-state index is 5.64. The maximum Gasteiger partial charge on any atom is 0.161 e. The Hall–Kier alpha value is -2.16. The molecule has 0 unspecified atom stereocenters. The fourth-order valence-electron chi connectivity index (χ4n) is 2.71. The van der Waals surface area contributed by atoms with Crippen LogP contribution in [-0.2, 0) is 6.42 Å². The number of ether oxygens (including phenoxy) is 2. The molecule has 0 fully saturated rings. The molecule has 3 nitrogen and oxygen atoms in total. The van der Waals surface area contributed by atoms with Crippen LogP contribution in [0.3, 0.4) is 0 Å². The van der Waals surface area contributed by atoms with Gasteiger partial charge in [0.05, 0.1) is 0 Å². The Morgan fingerprint density at radius 2 is 1.63 bits per heavy atom. The highest BCUT2D eigenvalue weighted by atomic mass is 16.6. The summed E-state index contributed by atoms with van der Waals surface area (Å²) in [4.78, 5) is 0. The summed E-state index contributed by atoms with van der Waals surface area (Å²) < 4.78 is 11.2. The summed E-state index contributed by atoms with van der Waals surface area (Å²) in [6.45, 7) is 2.31. The Labute approximate surface area is 112 Å². The number of fused-ring (bicyclic) bond motifs is 2. The van der Waals surface area contributed by atoms with E-state index in [9.17, 15) is 0 Å². The lowest BCUT2D eigenvalue weighted by molar-refractivity contribution is 0.171. The van der Waals surface area contributed by atoms with Gasteiger partial charge in [0.25, 0.3) is 0 Å². The van der Waals surface area contributed by atoms with Crippen molar-refractivity contribution in [2.75, 3.05) is 25.1 Å². The summed E-state index contributed by atoms with van der Waals surface area (Å²) in [7, 11) is 0. The van der Waals surface area contributed by atoms with Crippen molar-refractivity contribution < 1.29 is 9.47 Å². The Bertz CT molecular complexity index is 637. The van der Waals surface area contributed by atoms with E-state index in [1.165, 1.54) is 22.4 Å². The molecular formula is C16H15NO2. The molecule has 2 aromatic rings. The Morgan fingerprint density at radius 3 is 2.58 bits per heavy atom. The lowest BCUT2D eigenvalue weighted by Gasteiger charge is -2.19. The molecule has 2 aliphatic rings. The topological polar surface area (TPSA) is 30.5 Å². The minimum atomic E-state index is 0.630. The van der Waals surface area contributed by atoms with Crippen LogP contribution in [0.5, 0.6) is 11.5 Å². The van der Waals surface area contributed by atoms with E-state index >= 15 is 0 Å². The minimum absolute atomic E-state index is 0.630. The standard InChI is InChI=1S/C16H15NO2/c1-3-14-13(5-6-17-14)9-11(1)12-2-4-15-16(10-12)19-8-7-18-15/h1-4,9-10,17H,5-8H2. The molecule has 0 saturated carbocycles. The SMILES string of the molecule is c1cc2c(cc1-c1ccc3c(c1)OCCO3)CCN2. The van der Waals surface area contributed by atoms with Crippen LogP contribution in [0.25, 0.3) is 11.1 Å². The van der Waals surface area contributed by atoms with Gasteiger partial charge in [-0.2, -0.15) is 0 Å². The van der Waals surface area contributed by atoms with Gasteiger partial charge in [0.2, 0.25) is 0 Å². The maximum absolute atomic E-state index is 5.64. The zero-order chi connectivity index (χ0) is 12.7. The van der Waals surface area contributed by atoms with Gasteiger partial charge < -0.3 is 14.8 Å². The number of benzene rings is 2. The third-order valence-electron chi connectivity index (χ3n) is 3.69. The molecule has 3 heteroatoms. The molecule has 0 aromatic heterocycles. The second kappa shape index (κ2) is 4.19. The largest absolute Gasteiger partial charge is 0.486 e. The Kier molecular flexibility index (Phi) is 2.37. The van der Waals surface area contributed by atoms with E-state index in [2.05, 4.69) is 35.6 Å². The van der Waals surface area contributed by atoms with Gasteiger partial charge >= 0.3 is 0 Å². The van der Waals surface area contributed by atoms with Crippen LogP contribution in [0, 0.1) is 0 Å². The predicted molar refractivity (Wildman–Crippen MR) is 75.1 cm³/mol. The number of anilines is 1. The fourth-order valence-corrected chi connectivity index (χ4v) is 2.71. The summed E-state index contributed by atoms with van der Waals surface area (Å²) in [5, 5.41) is 3.38. The monoisotopic (exact) mass is 253 g/mol. The average Bonchev–Trinajstić information content (AvgIpc) is 2.94. The summed E-state index contributed by atoms with van der Waals surface area (Å²) in [5.74, 6) is 1.69. The van der Waals surface area contributed by atoms with Gasteiger partial charge in [-0.25, -0.2) is 0 Å². The molecule has 1 N–H and O–H groups in total. The molecule has 96 valence electrons. The smallest absolute Gasteiger partial charge is 0.161 e. The Morgan fingerprint density at radius 1 is 0.842 bits per heavy atom. The third kappa shape index (κ3) is 1.82. The van der Waals surface area contributed by atoms with Crippen LogP contribution < -0.4 is 14.8 Å². The molecule has 19 heavy (non-hydrogen) atoms. The lowest BCUT2D eigenvalue weighted by Crippen LogP contribution is -2.15. The lowest BCUT2D eigenvalue weighted by atomic mass is 10.0. The molecule has 2 aromatic carbocycles. The van der Waals surface area contributed by atoms with Crippen LogP contribution in [-0.4, -0.2) is 19.8 Å². The summed E-state index contributed by atoms with van der Waals surface area (Å²) in [6.07, 6.45) is 1.10. The highest BCUT2D eigenvalue weighted by Gasteiger charge is 2.14. The molecule has 0 amide bonds. The fraction of sp³-hybridized carbons (Fsp3) is 0.250. The van der Waals surface area contributed by atoms with Crippen LogP contribution >= 0.6 is 0 Å². The molecule has 0 bridgehead atoms. The van der Waals surface area contributed by atoms with Gasteiger partial charge in [0.15, 0.2) is 11.5 Å². The van der Waals surface area contributed by atoms with Crippen molar-refractivity contribution in [3.05, 3.63) is 42.0 Å². The van der Waals surface area contributed by atoms with Gasteiger partial charge in [0, 0.05) is 12.2 Å². The third-order valence-corrected chi connectivity index (χ3v) is 3.69. The quantitative estimate of drug-likeness (QED) is 0.847. The average molecular weight is 253 g/mol. The Balaban J connectivity index is 1.76. The molecule has 0 radical (unpaired) electrons. The van der Waals surface area contributed by atoms with E-state index in [4.69, 9.17) is 9.47 Å². The molecule has 2 aliphatic heterocycles. The van der Waals surface area contributed by atoms with Gasteiger partial charge in [0.1, 0.15) is 13.2 Å². The van der Waals surface area contributed by atoms with Crippen molar-refractivity contribution in [1.29, 1.82) is 0 Å². The van der Waals surface area contributed by atoms with E-state index in [1.54, 1.807) is 0 Å². The first-order chi connectivity index (χ1) is 9.40. The first-order valence-corrected chi connectivity index (χ1v) is 6.67. The summed E-state index contributed by atoms with van der Waals surface area (Å²) in [5.41, 5.74) is 5.08. The molecule has 4 rings (SSSR count). The molecule has 0 aliphatic carbocycles. The number of hydrogen-bond acceptors (Lipinski definition) is 3.